The molecule has 0 radical (unpaired) electrons. The number of hydrogen-bond acceptors (Lipinski definition) is 3. The summed E-state index contributed by atoms with van der Waals surface area (Å²) in [4.78, 5) is 4.22. The molecule has 0 saturated carbocycles. The van der Waals surface area contributed by atoms with E-state index >= 15 is 0 Å². The van der Waals surface area contributed by atoms with Gasteiger partial charge in [0, 0.05) is 19.5 Å². The van der Waals surface area contributed by atoms with Gasteiger partial charge in [-0.2, -0.15) is 0 Å². The standard InChI is InChI=1S/C14H18FN3O/c1-10-4-5-12(15)13(8-10)17-14-16-6-7-18(14)11(2)9-19-3/h4-8,11H,9H2,1-3H3,(H,16,17). The Bertz CT molecular complexity index is 553. The monoisotopic (exact) mass is 263 g/mol. The minimum Gasteiger partial charge on any atom is -0.383 e. The van der Waals surface area contributed by atoms with Crippen LogP contribution >= 0.6 is 0 Å². The Labute approximate surface area is 112 Å². The highest BCUT2D eigenvalue weighted by atomic mass is 19.1. The van der Waals surface area contributed by atoms with Crippen molar-refractivity contribution in [2.24, 2.45) is 0 Å². The van der Waals surface area contributed by atoms with E-state index < -0.39 is 0 Å². The van der Waals surface area contributed by atoms with Crippen LogP contribution < -0.4 is 5.32 Å². The molecular formula is C14H18FN3O. The predicted octanol–water partition coefficient (Wildman–Crippen LogP) is 3.28. The lowest BCUT2D eigenvalue weighted by atomic mass is 10.2. The first-order valence-corrected chi connectivity index (χ1v) is 6.16. The summed E-state index contributed by atoms with van der Waals surface area (Å²) >= 11 is 0. The maximum atomic E-state index is 13.7. The Balaban J connectivity index is 2.24. The molecule has 0 bridgehead atoms. The van der Waals surface area contributed by atoms with Crippen LogP contribution in [-0.4, -0.2) is 23.3 Å². The molecule has 0 aliphatic rings. The van der Waals surface area contributed by atoms with Gasteiger partial charge in [0.15, 0.2) is 0 Å². The van der Waals surface area contributed by atoms with Gasteiger partial charge in [-0.1, -0.05) is 6.07 Å². The number of hydrogen-bond donors (Lipinski definition) is 1. The maximum absolute atomic E-state index is 13.7. The van der Waals surface area contributed by atoms with Crippen molar-refractivity contribution in [3.05, 3.63) is 42.0 Å². The number of aryl methyl sites for hydroxylation is 1. The molecule has 1 heterocycles. The number of imidazole rings is 1. The van der Waals surface area contributed by atoms with Crippen LogP contribution in [0.25, 0.3) is 0 Å². The molecule has 0 fully saturated rings. The molecule has 1 N–H and O–H groups in total. The average Bonchev–Trinajstić information content (AvgIpc) is 2.82. The van der Waals surface area contributed by atoms with Crippen molar-refractivity contribution >= 4 is 11.6 Å². The highest BCUT2D eigenvalue weighted by Gasteiger charge is 2.11. The average molecular weight is 263 g/mol. The first-order valence-electron chi connectivity index (χ1n) is 6.16. The number of ether oxygens (including phenoxy) is 1. The summed E-state index contributed by atoms with van der Waals surface area (Å²) in [5.74, 6) is 0.314. The van der Waals surface area contributed by atoms with Crippen LogP contribution in [0, 0.1) is 12.7 Å². The number of methoxy groups -OCH3 is 1. The van der Waals surface area contributed by atoms with Gasteiger partial charge in [0.05, 0.1) is 18.3 Å². The predicted molar refractivity (Wildman–Crippen MR) is 73.2 cm³/mol. The summed E-state index contributed by atoms with van der Waals surface area (Å²) in [5, 5.41) is 3.02. The second kappa shape index (κ2) is 5.84. The summed E-state index contributed by atoms with van der Waals surface area (Å²) in [5.41, 5.74) is 1.42. The molecule has 2 aromatic rings. The first-order chi connectivity index (χ1) is 9.11. The molecule has 2 rings (SSSR count). The third-order valence-corrected chi connectivity index (χ3v) is 2.92. The molecule has 0 aliphatic carbocycles. The summed E-state index contributed by atoms with van der Waals surface area (Å²) in [6.45, 7) is 4.51. The van der Waals surface area contributed by atoms with Crippen molar-refractivity contribution in [2.45, 2.75) is 19.9 Å². The fourth-order valence-electron chi connectivity index (χ4n) is 1.94. The normalized spacial score (nSPS) is 12.4. The van der Waals surface area contributed by atoms with Crippen molar-refractivity contribution in [3.8, 4) is 0 Å². The Morgan fingerprint density at radius 1 is 1.47 bits per heavy atom. The molecule has 4 nitrogen and oxygen atoms in total. The number of anilines is 2. The fourth-order valence-corrected chi connectivity index (χ4v) is 1.94. The number of nitrogens with zero attached hydrogens (tertiary/aromatic N) is 2. The lowest BCUT2D eigenvalue weighted by Gasteiger charge is -2.16. The van der Waals surface area contributed by atoms with Crippen molar-refractivity contribution < 1.29 is 9.13 Å². The van der Waals surface area contributed by atoms with Gasteiger partial charge in [0.25, 0.3) is 0 Å². The molecule has 0 spiro atoms. The molecule has 102 valence electrons. The molecule has 0 aliphatic heterocycles. The quantitative estimate of drug-likeness (QED) is 0.899. The van der Waals surface area contributed by atoms with Gasteiger partial charge in [-0.15, -0.1) is 0 Å². The molecule has 1 aromatic heterocycles. The van der Waals surface area contributed by atoms with Crippen LogP contribution in [0.3, 0.4) is 0 Å². The van der Waals surface area contributed by atoms with E-state index in [9.17, 15) is 4.39 Å². The van der Waals surface area contributed by atoms with Gasteiger partial charge in [0.1, 0.15) is 5.82 Å². The lowest BCUT2D eigenvalue weighted by Crippen LogP contribution is -2.13. The Morgan fingerprint density at radius 3 is 3.00 bits per heavy atom. The fraction of sp³-hybridized carbons (Fsp3) is 0.357. The van der Waals surface area contributed by atoms with Crippen LogP contribution in [0.5, 0.6) is 0 Å². The van der Waals surface area contributed by atoms with E-state index in [1.807, 2.05) is 24.6 Å². The molecule has 19 heavy (non-hydrogen) atoms. The molecule has 1 aromatic carbocycles. The highest BCUT2D eigenvalue weighted by molar-refractivity contribution is 5.55. The van der Waals surface area contributed by atoms with Crippen molar-refractivity contribution in [3.63, 3.8) is 0 Å². The minimum atomic E-state index is -0.292. The topological polar surface area (TPSA) is 39.1 Å². The maximum Gasteiger partial charge on any atom is 0.207 e. The van der Waals surface area contributed by atoms with Crippen molar-refractivity contribution in [1.82, 2.24) is 9.55 Å². The van der Waals surface area contributed by atoms with E-state index in [1.165, 1.54) is 6.07 Å². The molecular weight excluding hydrogens is 245 g/mol. The summed E-state index contributed by atoms with van der Waals surface area (Å²) < 4.78 is 20.8. The number of rotatable bonds is 5. The van der Waals surface area contributed by atoms with E-state index in [2.05, 4.69) is 10.3 Å². The number of halogens is 1. The Kier molecular flexibility index (Phi) is 4.16. The molecule has 1 atom stereocenters. The smallest absolute Gasteiger partial charge is 0.207 e. The van der Waals surface area contributed by atoms with Gasteiger partial charge in [0.2, 0.25) is 5.95 Å². The minimum absolute atomic E-state index is 0.128. The Morgan fingerprint density at radius 2 is 2.26 bits per heavy atom. The summed E-state index contributed by atoms with van der Waals surface area (Å²) in [6.07, 6.45) is 3.53. The van der Waals surface area contributed by atoms with Gasteiger partial charge in [-0.3, -0.25) is 0 Å². The third kappa shape index (κ3) is 3.12. The van der Waals surface area contributed by atoms with Gasteiger partial charge in [-0.05, 0) is 31.5 Å². The summed E-state index contributed by atoms with van der Waals surface area (Å²) in [6, 6.07) is 5.07. The zero-order chi connectivity index (χ0) is 13.8. The van der Waals surface area contributed by atoms with E-state index in [0.29, 0.717) is 18.2 Å². The first kappa shape index (κ1) is 13.5. The molecule has 1 unspecified atom stereocenters. The van der Waals surface area contributed by atoms with Crippen LogP contribution in [0.1, 0.15) is 18.5 Å². The van der Waals surface area contributed by atoms with E-state index in [1.54, 1.807) is 25.4 Å². The van der Waals surface area contributed by atoms with E-state index in [4.69, 9.17) is 4.74 Å². The van der Waals surface area contributed by atoms with Crippen LogP contribution in [-0.2, 0) is 4.74 Å². The second-order valence-corrected chi connectivity index (χ2v) is 4.57. The van der Waals surface area contributed by atoms with E-state index in [0.717, 1.165) is 5.56 Å². The zero-order valence-electron chi connectivity index (χ0n) is 11.4. The molecule has 5 heteroatoms. The third-order valence-electron chi connectivity index (χ3n) is 2.92. The number of nitrogens with one attached hydrogen (secondary N) is 1. The van der Waals surface area contributed by atoms with Gasteiger partial charge in [-0.25, -0.2) is 9.37 Å². The SMILES string of the molecule is COCC(C)n1ccnc1Nc1cc(C)ccc1F. The lowest BCUT2D eigenvalue weighted by molar-refractivity contribution is 0.163. The highest BCUT2D eigenvalue weighted by Crippen LogP contribution is 2.22. The Hall–Kier alpha value is -1.88. The molecule has 0 saturated heterocycles. The zero-order valence-corrected chi connectivity index (χ0v) is 11.4. The second-order valence-electron chi connectivity index (χ2n) is 4.57. The van der Waals surface area contributed by atoms with Gasteiger partial charge >= 0.3 is 0 Å². The van der Waals surface area contributed by atoms with Crippen molar-refractivity contribution in [2.75, 3.05) is 19.0 Å². The van der Waals surface area contributed by atoms with Crippen LogP contribution in [0.2, 0.25) is 0 Å². The van der Waals surface area contributed by atoms with Crippen LogP contribution in [0.15, 0.2) is 30.6 Å². The van der Waals surface area contributed by atoms with Crippen molar-refractivity contribution in [1.29, 1.82) is 0 Å². The molecule has 0 amide bonds. The van der Waals surface area contributed by atoms with Crippen LogP contribution in [0.4, 0.5) is 16.0 Å². The largest absolute Gasteiger partial charge is 0.383 e. The number of benzene rings is 1. The number of aromatic nitrogens is 2. The summed E-state index contributed by atoms with van der Waals surface area (Å²) in [7, 11) is 1.65. The van der Waals surface area contributed by atoms with Gasteiger partial charge < -0.3 is 14.6 Å². The van der Waals surface area contributed by atoms with E-state index in [-0.39, 0.29) is 11.9 Å².